The SMILES string of the molecule is Cc1cc(C2CCC(NC(C)c3cccc4ccccc34)C2)ccc1O. The van der Waals surface area contributed by atoms with Crippen LogP contribution in [-0.4, -0.2) is 11.1 Å². The molecule has 0 bridgehead atoms. The third kappa shape index (κ3) is 3.34. The summed E-state index contributed by atoms with van der Waals surface area (Å²) in [6.45, 7) is 4.26. The van der Waals surface area contributed by atoms with Crippen LogP contribution in [0.25, 0.3) is 10.8 Å². The highest BCUT2D eigenvalue weighted by atomic mass is 16.3. The summed E-state index contributed by atoms with van der Waals surface area (Å²) in [5.41, 5.74) is 3.72. The third-order valence-electron chi connectivity index (χ3n) is 5.90. The van der Waals surface area contributed by atoms with Crippen molar-refractivity contribution in [3.05, 3.63) is 77.4 Å². The van der Waals surface area contributed by atoms with Crippen LogP contribution in [0.15, 0.2) is 60.7 Å². The van der Waals surface area contributed by atoms with Crippen LogP contribution in [0.2, 0.25) is 0 Å². The Balaban J connectivity index is 1.47. The van der Waals surface area contributed by atoms with Gasteiger partial charge in [0.1, 0.15) is 5.75 Å². The van der Waals surface area contributed by atoms with E-state index in [1.165, 1.54) is 41.2 Å². The summed E-state index contributed by atoms with van der Waals surface area (Å²) >= 11 is 0. The Bertz CT molecular complexity index is 912. The number of phenolic OH excluding ortho intramolecular Hbond substituents is 1. The molecule has 1 fully saturated rings. The topological polar surface area (TPSA) is 32.3 Å². The average molecular weight is 345 g/mol. The molecule has 0 saturated heterocycles. The Morgan fingerprint density at radius 1 is 1.00 bits per heavy atom. The fraction of sp³-hybridized carbons (Fsp3) is 0.333. The molecular weight excluding hydrogens is 318 g/mol. The van der Waals surface area contributed by atoms with Crippen LogP contribution in [0.3, 0.4) is 0 Å². The van der Waals surface area contributed by atoms with Gasteiger partial charge in [-0.3, -0.25) is 0 Å². The smallest absolute Gasteiger partial charge is 0.118 e. The van der Waals surface area contributed by atoms with E-state index in [2.05, 4.69) is 66.8 Å². The summed E-state index contributed by atoms with van der Waals surface area (Å²) in [7, 11) is 0. The largest absolute Gasteiger partial charge is 0.508 e. The van der Waals surface area contributed by atoms with Crippen molar-refractivity contribution in [1.82, 2.24) is 5.32 Å². The molecule has 0 heterocycles. The molecular formula is C24H27NO. The molecule has 0 radical (unpaired) electrons. The molecule has 0 spiro atoms. The lowest BCUT2D eigenvalue weighted by atomic mass is 9.95. The number of aryl methyl sites for hydroxylation is 1. The molecule has 26 heavy (non-hydrogen) atoms. The van der Waals surface area contributed by atoms with Crippen molar-refractivity contribution < 1.29 is 5.11 Å². The van der Waals surface area contributed by atoms with Crippen LogP contribution in [-0.2, 0) is 0 Å². The second-order valence-electron chi connectivity index (χ2n) is 7.71. The van der Waals surface area contributed by atoms with Crippen molar-refractivity contribution in [2.24, 2.45) is 0 Å². The standard InChI is InChI=1S/C24H27NO/c1-16-14-19(11-13-24(16)26)20-10-12-21(15-20)25-17(2)22-9-5-7-18-6-3-4-8-23(18)22/h3-9,11,13-14,17,20-21,25-26H,10,12,15H2,1-2H3. The predicted octanol–water partition coefficient (Wildman–Crippen LogP) is 5.84. The molecule has 2 nitrogen and oxygen atoms in total. The van der Waals surface area contributed by atoms with E-state index in [4.69, 9.17) is 0 Å². The first-order chi connectivity index (χ1) is 12.6. The Morgan fingerprint density at radius 2 is 1.81 bits per heavy atom. The second kappa shape index (κ2) is 7.13. The number of hydrogen-bond donors (Lipinski definition) is 2. The minimum absolute atomic E-state index is 0.339. The van der Waals surface area contributed by atoms with Crippen molar-refractivity contribution in [1.29, 1.82) is 0 Å². The Kier molecular flexibility index (Phi) is 4.69. The van der Waals surface area contributed by atoms with Crippen LogP contribution in [0.4, 0.5) is 0 Å². The molecule has 0 aromatic heterocycles. The number of rotatable bonds is 4. The number of aromatic hydroxyl groups is 1. The number of hydrogen-bond acceptors (Lipinski definition) is 2. The van der Waals surface area contributed by atoms with Gasteiger partial charge in [-0.15, -0.1) is 0 Å². The molecule has 2 heteroatoms. The summed E-state index contributed by atoms with van der Waals surface area (Å²) in [6, 6.07) is 22.2. The Hall–Kier alpha value is -2.32. The number of fused-ring (bicyclic) bond motifs is 1. The maximum absolute atomic E-state index is 9.76. The first kappa shape index (κ1) is 17.1. The van der Waals surface area contributed by atoms with Crippen molar-refractivity contribution in [2.75, 3.05) is 0 Å². The Morgan fingerprint density at radius 3 is 2.65 bits per heavy atom. The molecule has 2 N–H and O–H groups in total. The van der Waals surface area contributed by atoms with Gasteiger partial charge in [0, 0.05) is 12.1 Å². The van der Waals surface area contributed by atoms with Gasteiger partial charge in [-0.2, -0.15) is 0 Å². The monoisotopic (exact) mass is 345 g/mol. The van der Waals surface area contributed by atoms with Gasteiger partial charge in [-0.25, -0.2) is 0 Å². The van der Waals surface area contributed by atoms with Gasteiger partial charge in [-0.05, 0) is 72.6 Å². The molecule has 3 aromatic carbocycles. The molecule has 3 atom stereocenters. The van der Waals surface area contributed by atoms with Crippen molar-refractivity contribution in [3.63, 3.8) is 0 Å². The number of phenols is 1. The highest BCUT2D eigenvalue weighted by Gasteiger charge is 2.27. The number of benzene rings is 3. The van der Waals surface area contributed by atoms with Crippen molar-refractivity contribution in [2.45, 2.75) is 51.1 Å². The summed E-state index contributed by atoms with van der Waals surface area (Å²) in [5, 5.41) is 16.3. The molecule has 3 unspecified atom stereocenters. The van der Waals surface area contributed by atoms with Gasteiger partial charge < -0.3 is 10.4 Å². The van der Waals surface area contributed by atoms with E-state index < -0.39 is 0 Å². The lowest BCUT2D eigenvalue weighted by Gasteiger charge is -2.21. The van der Waals surface area contributed by atoms with Crippen LogP contribution < -0.4 is 5.32 Å². The zero-order chi connectivity index (χ0) is 18.1. The Labute approximate surface area is 155 Å². The van der Waals surface area contributed by atoms with Gasteiger partial charge in [0.05, 0.1) is 0 Å². The quantitative estimate of drug-likeness (QED) is 0.622. The molecule has 0 aliphatic heterocycles. The van der Waals surface area contributed by atoms with Gasteiger partial charge in [0.25, 0.3) is 0 Å². The highest BCUT2D eigenvalue weighted by molar-refractivity contribution is 5.86. The summed E-state index contributed by atoms with van der Waals surface area (Å²) in [5.74, 6) is 0.984. The van der Waals surface area contributed by atoms with E-state index in [0.717, 1.165) is 5.56 Å². The highest BCUT2D eigenvalue weighted by Crippen LogP contribution is 2.37. The van der Waals surface area contributed by atoms with Crippen LogP contribution in [0.1, 0.15) is 54.8 Å². The van der Waals surface area contributed by atoms with E-state index in [9.17, 15) is 5.11 Å². The van der Waals surface area contributed by atoms with E-state index in [1.54, 1.807) is 0 Å². The molecule has 4 rings (SSSR count). The third-order valence-corrected chi connectivity index (χ3v) is 5.90. The van der Waals surface area contributed by atoms with E-state index in [0.29, 0.717) is 23.8 Å². The molecule has 1 aliphatic rings. The molecule has 0 amide bonds. The fourth-order valence-corrected chi connectivity index (χ4v) is 4.44. The van der Waals surface area contributed by atoms with E-state index in [1.807, 2.05) is 13.0 Å². The number of nitrogens with one attached hydrogen (secondary N) is 1. The lowest BCUT2D eigenvalue weighted by Crippen LogP contribution is -2.29. The molecule has 3 aromatic rings. The normalized spacial score (nSPS) is 21.2. The summed E-state index contributed by atoms with van der Waals surface area (Å²) < 4.78 is 0. The zero-order valence-corrected chi connectivity index (χ0v) is 15.6. The second-order valence-corrected chi connectivity index (χ2v) is 7.71. The van der Waals surface area contributed by atoms with E-state index >= 15 is 0 Å². The lowest BCUT2D eigenvalue weighted by molar-refractivity contribution is 0.458. The maximum atomic E-state index is 9.76. The van der Waals surface area contributed by atoms with Crippen LogP contribution in [0, 0.1) is 6.92 Å². The minimum Gasteiger partial charge on any atom is -0.508 e. The molecule has 134 valence electrons. The predicted molar refractivity (Wildman–Crippen MR) is 109 cm³/mol. The fourth-order valence-electron chi connectivity index (χ4n) is 4.44. The molecule has 1 aliphatic carbocycles. The van der Waals surface area contributed by atoms with Gasteiger partial charge in [0.15, 0.2) is 0 Å². The van der Waals surface area contributed by atoms with Crippen LogP contribution >= 0.6 is 0 Å². The van der Waals surface area contributed by atoms with Gasteiger partial charge >= 0.3 is 0 Å². The van der Waals surface area contributed by atoms with E-state index in [-0.39, 0.29) is 0 Å². The summed E-state index contributed by atoms with van der Waals surface area (Å²) in [4.78, 5) is 0. The molecule has 1 saturated carbocycles. The zero-order valence-electron chi connectivity index (χ0n) is 15.6. The van der Waals surface area contributed by atoms with Gasteiger partial charge in [0.2, 0.25) is 0 Å². The summed E-state index contributed by atoms with van der Waals surface area (Å²) in [6.07, 6.45) is 3.59. The minimum atomic E-state index is 0.339. The first-order valence-corrected chi connectivity index (χ1v) is 9.65. The van der Waals surface area contributed by atoms with Crippen molar-refractivity contribution in [3.8, 4) is 5.75 Å². The average Bonchev–Trinajstić information content (AvgIpc) is 3.12. The maximum Gasteiger partial charge on any atom is 0.118 e. The van der Waals surface area contributed by atoms with Gasteiger partial charge in [-0.1, -0.05) is 54.6 Å². The first-order valence-electron chi connectivity index (χ1n) is 9.65. The van der Waals surface area contributed by atoms with Crippen molar-refractivity contribution >= 4 is 10.8 Å². The van der Waals surface area contributed by atoms with Crippen LogP contribution in [0.5, 0.6) is 5.75 Å².